The molecule has 1 fully saturated rings. The van der Waals surface area contributed by atoms with E-state index in [1.807, 2.05) is 4.98 Å². The zero-order valence-corrected chi connectivity index (χ0v) is 9.60. The number of aromatic amines is 1. The van der Waals surface area contributed by atoms with Crippen LogP contribution in [0.3, 0.4) is 0 Å². The van der Waals surface area contributed by atoms with E-state index in [0.717, 1.165) is 6.20 Å². The van der Waals surface area contributed by atoms with Gasteiger partial charge in [-0.25, -0.2) is 13.8 Å². The fourth-order valence-corrected chi connectivity index (χ4v) is 1.81. The second kappa shape index (κ2) is 4.46. The fourth-order valence-electron chi connectivity index (χ4n) is 1.81. The van der Waals surface area contributed by atoms with Crippen LogP contribution in [0.1, 0.15) is 18.5 Å². The number of hydrogen-bond acceptors (Lipinski definition) is 3. The van der Waals surface area contributed by atoms with Crippen molar-refractivity contribution < 1.29 is 22.0 Å². The van der Waals surface area contributed by atoms with E-state index in [4.69, 9.17) is 0 Å². The van der Waals surface area contributed by atoms with Crippen LogP contribution in [-0.2, 0) is 6.18 Å². The monoisotopic (exact) mass is 283 g/mol. The Kier molecular flexibility index (Phi) is 3.23. The Labute approximate surface area is 104 Å². The van der Waals surface area contributed by atoms with Crippen molar-refractivity contribution >= 4 is 5.82 Å². The fraction of sp³-hybridized carbons (Fsp3) is 0.600. The molecule has 0 saturated carbocycles. The summed E-state index contributed by atoms with van der Waals surface area (Å²) in [5, 5.41) is 0. The molecule has 2 heterocycles. The minimum absolute atomic E-state index is 0.108. The topological polar surface area (TPSA) is 49.0 Å². The van der Waals surface area contributed by atoms with E-state index in [1.54, 1.807) is 0 Å². The molecule has 2 rings (SSSR count). The lowest BCUT2D eigenvalue weighted by Crippen LogP contribution is -2.40. The molecule has 19 heavy (non-hydrogen) atoms. The maximum Gasteiger partial charge on any atom is 0.438 e. The molecular weight excluding hydrogens is 273 g/mol. The first kappa shape index (κ1) is 13.8. The summed E-state index contributed by atoms with van der Waals surface area (Å²) in [6.45, 7) is -0.216. The molecule has 1 N–H and O–H groups in total. The first-order chi connectivity index (χ1) is 8.69. The molecule has 1 aliphatic rings. The van der Waals surface area contributed by atoms with E-state index >= 15 is 0 Å². The molecule has 0 atom stereocenters. The zero-order chi connectivity index (χ0) is 14.3. The predicted octanol–water partition coefficient (Wildman–Crippen LogP) is 2.02. The van der Waals surface area contributed by atoms with Crippen molar-refractivity contribution in [2.45, 2.75) is 24.9 Å². The van der Waals surface area contributed by atoms with E-state index in [-0.39, 0.29) is 18.9 Å². The smallest absolute Gasteiger partial charge is 0.355 e. The molecule has 0 unspecified atom stereocenters. The predicted molar refractivity (Wildman–Crippen MR) is 56.3 cm³/mol. The Hall–Kier alpha value is -1.67. The molecular formula is C10H10F5N3O. The number of hydrogen-bond donors (Lipinski definition) is 1. The Morgan fingerprint density at radius 2 is 1.84 bits per heavy atom. The quantitative estimate of drug-likeness (QED) is 0.802. The van der Waals surface area contributed by atoms with Crippen molar-refractivity contribution in [1.82, 2.24) is 9.97 Å². The van der Waals surface area contributed by atoms with Crippen molar-refractivity contribution in [2.75, 3.05) is 18.0 Å². The van der Waals surface area contributed by atoms with E-state index in [0.29, 0.717) is 0 Å². The number of rotatable bonds is 1. The van der Waals surface area contributed by atoms with Crippen LogP contribution in [0.4, 0.5) is 27.8 Å². The van der Waals surface area contributed by atoms with Gasteiger partial charge in [-0.05, 0) is 0 Å². The van der Waals surface area contributed by atoms with Gasteiger partial charge in [0.15, 0.2) is 0 Å². The maximum atomic E-state index is 12.9. The summed E-state index contributed by atoms with van der Waals surface area (Å²) in [6.07, 6.45) is -4.77. The Morgan fingerprint density at radius 3 is 2.37 bits per heavy atom. The normalized spacial score (nSPS) is 19.5. The highest BCUT2D eigenvalue weighted by Crippen LogP contribution is 2.30. The summed E-state index contributed by atoms with van der Waals surface area (Å²) < 4.78 is 63.4. The minimum Gasteiger partial charge on any atom is -0.355 e. The lowest BCUT2D eigenvalue weighted by molar-refractivity contribution is -0.142. The highest BCUT2D eigenvalue weighted by Gasteiger charge is 2.38. The molecule has 1 aromatic rings. The third kappa shape index (κ3) is 3.02. The molecule has 1 aliphatic heterocycles. The van der Waals surface area contributed by atoms with Gasteiger partial charge < -0.3 is 9.88 Å². The Morgan fingerprint density at radius 1 is 1.26 bits per heavy atom. The number of aromatic nitrogens is 2. The SMILES string of the molecule is O=c1[nH]cc(N2CCC(F)(F)CC2)nc1C(F)(F)F. The molecule has 0 aromatic carbocycles. The van der Waals surface area contributed by atoms with Crippen LogP contribution in [0.15, 0.2) is 11.0 Å². The first-order valence-electron chi connectivity index (χ1n) is 5.49. The summed E-state index contributed by atoms with van der Waals surface area (Å²) in [5.41, 5.74) is -2.92. The third-order valence-corrected chi connectivity index (χ3v) is 2.86. The van der Waals surface area contributed by atoms with Gasteiger partial charge in [0.05, 0.1) is 0 Å². The molecule has 0 aliphatic carbocycles. The van der Waals surface area contributed by atoms with Gasteiger partial charge in [0.25, 0.3) is 11.5 Å². The zero-order valence-electron chi connectivity index (χ0n) is 9.60. The molecule has 9 heteroatoms. The molecule has 1 saturated heterocycles. The second-order valence-electron chi connectivity index (χ2n) is 4.28. The number of nitrogens with one attached hydrogen (secondary N) is 1. The van der Waals surface area contributed by atoms with Gasteiger partial charge in [-0.3, -0.25) is 4.79 Å². The van der Waals surface area contributed by atoms with Gasteiger partial charge in [-0.1, -0.05) is 0 Å². The first-order valence-corrected chi connectivity index (χ1v) is 5.49. The molecule has 0 radical (unpaired) electrons. The summed E-state index contributed by atoms with van der Waals surface area (Å²) in [5.74, 6) is -2.95. The molecule has 106 valence electrons. The maximum absolute atomic E-state index is 12.9. The van der Waals surface area contributed by atoms with E-state index < -0.39 is 36.2 Å². The van der Waals surface area contributed by atoms with Crippen LogP contribution in [0, 0.1) is 0 Å². The Bertz CT molecular complexity index is 515. The number of halogens is 5. The molecule has 0 spiro atoms. The van der Waals surface area contributed by atoms with Crippen LogP contribution in [0.25, 0.3) is 0 Å². The lowest BCUT2D eigenvalue weighted by Gasteiger charge is -2.32. The van der Waals surface area contributed by atoms with Crippen molar-refractivity contribution in [1.29, 1.82) is 0 Å². The number of nitrogens with zero attached hydrogens (tertiary/aromatic N) is 2. The summed E-state index contributed by atoms with van der Waals surface area (Å²) in [4.78, 5) is 17.5. The van der Waals surface area contributed by atoms with Gasteiger partial charge >= 0.3 is 6.18 Å². The Balaban J connectivity index is 2.25. The van der Waals surface area contributed by atoms with Gasteiger partial charge in [0, 0.05) is 32.1 Å². The van der Waals surface area contributed by atoms with Gasteiger partial charge in [-0.2, -0.15) is 13.2 Å². The highest BCUT2D eigenvalue weighted by molar-refractivity contribution is 5.37. The largest absolute Gasteiger partial charge is 0.438 e. The van der Waals surface area contributed by atoms with E-state index in [2.05, 4.69) is 4.98 Å². The highest BCUT2D eigenvalue weighted by atomic mass is 19.4. The average molecular weight is 283 g/mol. The molecule has 4 nitrogen and oxygen atoms in total. The minimum atomic E-state index is -4.87. The van der Waals surface area contributed by atoms with Crippen LogP contribution < -0.4 is 10.5 Å². The van der Waals surface area contributed by atoms with E-state index in [1.165, 1.54) is 4.90 Å². The van der Waals surface area contributed by atoms with Gasteiger partial charge in [0.2, 0.25) is 5.69 Å². The molecule has 0 bridgehead atoms. The average Bonchev–Trinajstić information content (AvgIpc) is 2.28. The van der Waals surface area contributed by atoms with E-state index in [9.17, 15) is 26.7 Å². The number of piperidine rings is 1. The van der Waals surface area contributed by atoms with Gasteiger partial charge in [0.1, 0.15) is 5.82 Å². The van der Waals surface area contributed by atoms with Gasteiger partial charge in [-0.15, -0.1) is 0 Å². The standard InChI is InChI=1S/C10H10F5N3O/c11-9(12)1-3-18(4-2-9)6-5-16-8(19)7(17-6)10(13,14)15/h5H,1-4H2,(H,16,19). The molecule has 0 amide bonds. The third-order valence-electron chi connectivity index (χ3n) is 2.86. The van der Waals surface area contributed by atoms with Crippen molar-refractivity contribution in [2.24, 2.45) is 0 Å². The van der Waals surface area contributed by atoms with Crippen LogP contribution in [0.2, 0.25) is 0 Å². The summed E-state index contributed by atoms with van der Waals surface area (Å²) in [7, 11) is 0. The summed E-state index contributed by atoms with van der Waals surface area (Å²) >= 11 is 0. The second-order valence-corrected chi connectivity index (χ2v) is 4.28. The lowest BCUT2D eigenvalue weighted by atomic mass is 10.1. The van der Waals surface area contributed by atoms with Crippen molar-refractivity contribution in [3.63, 3.8) is 0 Å². The summed E-state index contributed by atoms with van der Waals surface area (Å²) in [6, 6.07) is 0. The van der Waals surface area contributed by atoms with Crippen LogP contribution in [-0.4, -0.2) is 29.0 Å². The van der Waals surface area contributed by atoms with Crippen molar-refractivity contribution in [3.05, 3.63) is 22.2 Å². The number of anilines is 1. The number of H-pyrrole nitrogens is 1. The molecule has 1 aromatic heterocycles. The van der Waals surface area contributed by atoms with Crippen LogP contribution >= 0.6 is 0 Å². The number of alkyl halides is 5. The van der Waals surface area contributed by atoms with Crippen molar-refractivity contribution in [3.8, 4) is 0 Å². The van der Waals surface area contributed by atoms with Crippen LogP contribution in [0.5, 0.6) is 0 Å².